The average molecular weight is 286 g/mol. The van der Waals surface area contributed by atoms with Crippen LogP contribution in [0.2, 0.25) is 0 Å². The highest BCUT2D eigenvalue weighted by Gasteiger charge is 2.25. The minimum absolute atomic E-state index is 0.664. The van der Waals surface area contributed by atoms with E-state index in [4.69, 9.17) is 0 Å². The highest BCUT2D eigenvalue weighted by Crippen LogP contribution is 2.30. The first-order chi connectivity index (χ1) is 9.12. The normalized spacial score (nSPS) is 21.0. The number of thioether (sulfide) groups is 1. The Kier molecular flexibility index (Phi) is 7.84. The van der Waals surface area contributed by atoms with Crippen LogP contribution >= 0.6 is 11.8 Å². The number of likely N-dealkylation sites (N-methyl/N-ethyl adjacent to an activating group) is 1. The van der Waals surface area contributed by atoms with Crippen LogP contribution in [0.1, 0.15) is 47.0 Å². The molecule has 0 radical (unpaired) electrons. The lowest BCUT2D eigenvalue weighted by Crippen LogP contribution is -2.36. The Balaban J connectivity index is 2.22. The van der Waals surface area contributed by atoms with Crippen molar-refractivity contribution in [1.82, 2.24) is 10.2 Å². The van der Waals surface area contributed by atoms with Crippen LogP contribution in [0.15, 0.2) is 4.99 Å². The molecule has 1 aliphatic heterocycles. The maximum Gasteiger partial charge on any atom is 0.156 e. The van der Waals surface area contributed by atoms with Gasteiger partial charge < -0.3 is 10.2 Å². The summed E-state index contributed by atoms with van der Waals surface area (Å²) in [5, 5.41) is 5.36. The Hall–Kier alpha value is -0.220. The van der Waals surface area contributed by atoms with Gasteiger partial charge in [-0.05, 0) is 26.3 Å². The van der Waals surface area contributed by atoms with Crippen LogP contribution in [0.3, 0.4) is 0 Å². The second-order valence-electron chi connectivity index (χ2n) is 5.54. The Morgan fingerprint density at radius 2 is 2.00 bits per heavy atom. The molecule has 0 fully saturated rings. The van der Waals surface area contributed by atoms with E-state index in [9.17, 15) is 0 Å². The molecule has 0 amide bonds. The van der Waals surface area contributed by atoms with E-state index < -0.39 is 0 Å². The fraction of sp³-hybridized carbons (Fsp3) is 0.933. The van der Waals surface area contributed by atoms with Crippen molar-refractivity contribution in [1.29, 1.82) is 0 Å². The molecule has 0 saturated carbocycles. The Morgan fingerprint density at radius 3 is 2.58 bits per heavy atom. The zero-order chi connectivity index (χ0) is 14.3. The molecule has 1 heterocycles. The number of hydrogen-bond acceptors (Lipinski definition) is 4. The Morgan fingerprint density at radius 1 is 1.32 bits per heavy atom. The molecule has 0 aromatic carbocycles. The summed E-state index contributed by atoms with van der Waals surface area (Å²) >= 11 is 1.95. The molecule has 2 atom stereocenters. The minimum Gasteiger partial charge on any atom is -0.364 e. The van der Waals surface area contributed by atoms with Gasteiger partial charge in [-0.1, -0.05) is 45.4 Å². The van der Waals surface area contributed by atoms with E-state index in [1.54, 1.807) is 0 Å². The van der Waals surface area contributed by atoms with Crippen LogP contribution in [-0.4, -0.2) is 48.0 Å². The molecule has 0 aromatic heterocycles. The lowest BCUT2D eigenvalue weighted by molar-refractivity contribution is 0.256. The van der Waals surface area contributed by atoms with Crippen LogP contribution in [0.25, 0.3) is 0 Å². The smallest absolute Gasteiger partial charge is 0.156 e. The largest absolute Gasteiger partial charge is 0.364 e. The molecule has 0 bridgehead atoms. The topological polar surface area (TPSA) is 27.6 Å². The number of amidine groups is 1. The molecule has 3 nitrogen and oxygen atoms in total. The van der Waals surface area contributed by atoms with Crippen LogP contribution < -0.4 is 5.32 Å². The first kappa shape index (κ1) is 16.8. The van der Waals surface area contributed by atoms with E-state index in [0.29, 0.717) is 11.3 Å². The molecule has 112 valence electrons. The summed E-state index contributed by atoms with van der Waals surface area (Å²) in [5.74, 6) is 0.816. The second-order valence-corrected chi connectivity index (χ2v) is 6.77. The van der Waals surface area contributed by atoms with Crippen molar-refractivity contribution in [2.75, 3.05) is 26.7 Å². The zero-order valence-corrected chi connectivity index (χ0v) is 14.1. The second kappa shape index (κ2) is 8.85. The van der Waals surface area contributed by atoms with Crippen LogP contribution in [0, 0.1) is 5.92 Å². The summed E-state index contributed by atoms with van der Waals surface area (Å²) in [5.41, 5.74) is 0. The summed E-state index contributed by atoms with van der Waals surface area (Å²) in [6.07, 6.45) is 3.75. The van der Waals surface area contributed by atoms with Crippen molar-refractivity contribution in [3.63, 3.8) is 0 Å². The van der Waals surface area contributed by atoms with Gasteiger partial charge in [0.1, 0.15) is 0 Å². The molecule has 19 heavy (non-hydrogen) atoms. The van der Waals surface area contributed by atoms with Gasteiger partial charge in [0.25, 0.3) is 0 Å². The first-order valence-electron chi connectivity index (χ1n) is 7.77. The van der Waals surface area contributed by atoms with Gasteiger partial charge in [0.05, 0.1) is 6.54 Å². The fourth-order valence-electron chi connectivity index (χ4n) is 2.42. The van der Waals surface area contributed by atoms with Gasteiger partial charge >= 0.3 is 0 Å². The van der Waals surface area contributed by atoms with Crippen molar-refractivity contribution >= 4 is 16.9 Å². The number of hydrogen-bond donors (Lipinski definition) is 1. The van der Waals surface area contributed by atoms with E-state index in [2.05, 4.69) is 50.0 Å². The lowest BCUT2D eigenvalue weighted by Gasteiger charge is -2.23. The summed E-state index contributed by atoms with van der Waals surface area (Å²) in [4.78, 5) is 7.05. The maximum atomic E-state index is 4.65. The predicted molar refractivity (Wildman–Crippen MR) is 88.1 cm³/mol. The van der Waals surface area contributed by atoms with Crippen molar-refractivity contribution in [3.8, 4) is 0 Å². The molecule has 4 heteroatoms. The molecule has 2 unspecified atom stereocenters. The molecule has 1 rings (SSSR count). The van der Waals surface area contributed by atoms with E-state index >= 15 is 0 Å². The Bertz CT molecular complexity index is 277. The van der Waals surface area contributed by atoms with Crippen LogP contribution in [-0.2, 0) is 0 Å². The average Bonchev–Trinajstić information content (AvgIpc) is 2.88. The highest BCUT2D eigenvalue weighted by molar-refractivity contribution is 8.14. The summed E-state index contributed by atoms with van der Waals surface area (Å²) in [7, 11) is 2.20. The van der Waals surface area contributed by atoms with Crippen molar-refractivity contribution in [3.05, 3.63) is 0 Å². The number of nitrogens with one attached hydrogen (secondary N) is 1. The SMILES string of the molecule is CCC(CC)C1CN=C(NCCN(C)C(C)CC)S1. The summed E-state index contributed by atoms with van der Waals surface area (Å²) in [6.45, 7) is 12.2. The molecule has 0 aromatic rings. The Labute approximate surface area is 123 Å². The number of nitrogens with zero attached hydrogens (tertiary/aromatic N) is 2. The quantitative estimate of drug-likeness (QED) is 0.742. The third-order valence-corrected chi connectivity index (χ3v) is 5.67. The molecule has 0 saturated heterocycles. The van der Waals surface area contributed by atoms with Gasteiger partial charge in [-0.2, -0.15) is 0 Å². The van der Waals surface area contributed by atoms with Gasteiger partial charge in [0.15, 0.2) is 5.17 Å². The lowest BCUT2D eigenvalue weighted by atomic mass is 9.99. The fourth-order valence-corrected chi connectivity index (χ4v) is 3.77. The van der Waals surface area contributed by atoms with Crippen molar-refractivity contribution < 1.29 is 0 Å². The third-order valence-electron chi connectivity index (χ3n) is 4.34. The number of aliphatic imine (C=N–C) groups is 1. The molecule has 1 N–H and O–H groups in total. The van der Waals surface area contributed by atoms with Crippen molar-refractivity contribution in [2.45, 2.75) is 58.2 Å². The van der Waals surface area contributed by atoms with Gasteiger partial charge in [-0.15, -0.1) is 0 Å². The molecule has 0 spiro atoms. The number of rotatable bonds is 8. The van der Waals surface area contributed by atoms with E-state index in [-0.39, 0.29) is 0 Å². The zero-order valence-electron chi connectivity index (χ0n) is 13.3. The van der Waals surface area contributed by atoms with Gasteiger partial charge in [-0.25, -0.2) is 0 Å². The minimum atomic E-state index is 0.664. The van der Waals surface area contributed by atoms with E-state index in [0.717, 1.165) is 30.7 Å². The van der Waals surface area contributed by atoms with Gasteiger partial charge in [0, 0.05) is 24.4 Å². The van der Waals surface area contributed by atoms with E-state index in [1.165, 1.54) is 19.3 Å². The standard InChI is InChI=1S/C15H31N3S/c1-6-12(4)18(5)10-9-16-15-17-11-14(19-15)13(7-2)8-3/h12-14H,6-11H2,1-5H3,(H,16,17). The van der Waals surface area contributed by atoms with Crippen LogP contribution in [0.4, 0.5) is 0 Å². The third kappa shape index (κ3) is 5.35. The molecule has 1 aliphatic rings. The van der Waals surface area contributed by atoms with Crippen molar-refractivity contribution in [2.24, 2.45) is 10.9 Å². The van der Waals surface area contributed by atoms with Gasteiger partial charge in [0.2, 0.25) is 0 Å². The predicted octanol–water partition coefficient (Wildman–Crippen LogP) is 3.21. The monoisotopic (exact) mass is 285 g/mol. The molecular formula is C15H31N3S. The van der Waals surface area contributed by atoms with Gasteiger partial charge in [-0.3, -0.25) is 4.99 Å². The molecule has 0 aliphatic carbocycles. The summed E-state index contributed by atoms with van der Waals surface area (Å²) in [6, 6.07) is 0.664. The van der Waals surface area contributed by atoms with Crippen LogP contribution in [0.5, 0.6) is 0 Å². The van der Waals surface area contributed by atoms with E-state index in [1.807, 2.05) is 11.8 Å². The first-order valence-corrected chi connectivity index (χ1v) is 8.65. The highest BCUT2D eigenvalue weighted by atomic mass is 32.2. The molecular weight excluding hydrogens is 254 g/mol. The summed E-state index contributed by atoms with van der Waals surface area (Å²) < 4.78 is 0. The maximum absolute atomic E-state index is 4.65.